The number of benzene rings is 1. The average molecular weight is 309 g/mol. The van der Waals surface area contributed by atoms with Gasteiger partial charge in [-0.05, 0) is 43.9 Å². The normalized spacial score (nSPS) is 19.6. The van der Waals surface area contributed by atoms with E-state index in [1.54, 1.807) is 0 Å². The van der Waals surface area contributed by atoms with E-state index in [0.29, 0.717) is 6.04 Å². The SMILES string of the molecule is CCCNCc1cccc(Cl)c1N1CCCCCC1CC. The van der Waals surface area contributed by atoms with E-state index in [-0.39, 0.29) is 0 Å². The molecule has 1 atom stereocenters. The molecule has 1 aromatic carbocycles. The number of para-hydroxylation sites is 1. The topological polar surface area (TPSA) is 15.3 Å². The van der Waals surface area contributed by atoms with E-state index in [0.717, 1.165) is 31.1 Å². The summed E-state index contributed by atoms with van der Waals surface area (Å²) in [5.74, 6) is 0. The molecule has 3 heteroatoms. The van der Waals surface area contributed by atoms with Crippen molar-refractivity contribution in [1.82, 2.24) is 5.32 Å². The molecule has 21 heavy (non-hydrogen) atoms. The van der Waals surface area contributed by atoms with Crippen molar-refractivity contribution >= 4 is 17.3 Å². The van der Waals surface area contributed by atoms with Gasteiger partial charge in [-0.25, -0.2) is 0 Å². The Kier molecular flexibility index (Phi) is 6.85. The van der Waals surface area contributed by atoms with Crippen LogP contribution in [0.5, 0.6) is 0 Å². The fourth-order valence-corrected chi connectivity index (χ4v) is 3.62. The van der Waals surface area contributed by atoms with Gasteiger partial charge in [-0.2, -0.15) is 0 Å². The third kappa shape index (κ3) is 4.37. The van der Waals surface area contributed by atoms with Crippen LogP contribution in [0, 0.1) is 0 Å². The van der Waals surface area contributed by atoms with Gasteiger partial charge < -0.3 is 10.2 Å². The molecule has 0 saturated carbocycles. The van der Waals surface area contributed by atoms with Gasteiger partial charge in [-0.1, -0.05) is 50.4 Å². The van der Waals surface area contributed by atoms with Crippen LogP contribution < -0.4 is 10.2 Å². The lowest BCUT2D eigenvalue weighted by molar-refractivity contribution is 0.553. The van der Waals surface area contributed by atoms with Crippen LogP contribution in [0.2, 0.25) is 5.02 Å². The van der Waals surface area contributed by atoms with Gasteiger partial charge in [-0.3, -0.25) is 0 Å². The maximum atomic E-state index is 6.58. The Balaban J connectivity index is 2.26. The minimum Gasteiger partial charge on any atom is -0.367 e. The molecule has 1 unspecified atom stereocenters. The molecule has 1 saturated heterocycles. The number of hydrogen-bond donors (Lipinski definition) is 1. The Hall–Kier alpha value is -0.730. The molecular formula is C18H29ClN2. The molecule has 0 radical (unpaired) electrons. The third-order valence-corrected chi connectivity index (χ3v) is 4.75. The second-order valence-corrected chi connectivity index (χ2v) is 6.44. The third-order valence-electron chi connectivity index (χ3n) is 4.45. The lowest BCUT2D eigenvalue weighted by Crippen LogP contribution is -2.35. The van der Waals surface area contributed by atoms with Crippen molar-refractivity contribution in [3.05, 3.63) is 28.8 Å². The summed E-state index contributed by atoms with van der Waals surface area (Å²) in [5.41, 5.74) is 2.62. The van der Waals surface area contributed by atoms with Gasteiger partial charge in [-0.15, -0.1) is 0 Å². The van der Waals surface area contributed by atoms with E-state index in [1.165, 1.54) is 43.4 Å². The summed E-state index contributed by atoms with van der Waals surface area (Å²) in [5, 5.41) is 4.43. The zero-order valence-corrected chi connectivity index (χ0v) is 14.3. The Labute approximate surface area is 134 Å². The monoisotopic (exact) mass is 308 g/mol. The van der Waals surface area contributed by atoms with Crippen LogP contribution in [-0.4, -0.2) is 19.1 Å². The molecule has 1 heterocycles. The summed E-state index contributed by atoms with van der Waals surface area (Å²) in [6, 6.07) is 6.98. The summed E-state index contributed by atoms with van der Waals surface area (Å²) in [7, 11) is 0. The van der Waals surface area contributed by atoms with E-state index in [2.05, 4.69) is 36.2 Å². The van der Waals surface area contributed by atoms with Crippen LogP contribution in [0.25, 0.3) is 0 Å². The maximum absolute atomic E-state index is 6.58. The first-order chi connectivity index (χ1) is 10.3. The predicted molar refractivity (Wildman–Crippen MR) is 93.3 cm³/mol. The Bertz CT molecular complexity index is 433. The molecule has 2 nitrogen and oxygen atoms in total. The van der Waals surface area contributed by atoms with Crippen LogP contribution in [0.1, 0.15) is 57.9 Å². The van der Waals surface area contributed by atoms with Gasteiger partial charge in [0, 0.05) is 19.1 Å². The van der Waals surface area contributed by atoms with Gasteiger partial charge >= 0.3 is 0 Å². The van der Waals surface area contributed by atoms with Crippen molar-refractivity contribution in [1.29, 1.82) is 0 Å². The highest BCUT2D eigenvalue weighted by Gasteiger charge is 2.23. The molecule has 118 valence electrons. The molecule has 0 aliphatic carbocycles. The highest BCUT2D eigenvalue weighted by Crippen LogP contribution is 2.34. The number of hydrogen-bond acceptors (Lipinski definition) is 2. The standard InChI is InChI=1S/C18H29ClN2/c1-3-12-20-14-15-9-8-11-17(19)18(15)21-13-7-5-6-10-16(21)4-2/h8-9,11,16,20H,3-7,10,12-14H2,1-2H3. The molecule has 1 aromatic rings. The van der Waals surface area contributed by atoms with Crippen LogP contribution in [0.15, 0.2) is 18.2 Å². The first kappa shape index (κ1) is 16.6. The first-order valence-electron chi connectivity index (χ1n) is 8.52. The van der Waals surface area contributed by atoms with Crippen LogP contribution >= 0.6 is 11.6 Å². The average Bonchev–Trinajstić information content (AvgIpc) is 2.73. The fourth-order valence-electron chi connectivity index (χ4n) is 3.32. The zero-order chi connectivity index (χ0) is 15.1. The number of nitrogens with zero attached hydrogens (tertiary/aromatic N) is 1. The molecule has 0 amide bonds. The predicted octanol–water partition coefficient (Wildman–Crippen LogP) is 5.00. The van der Waals surface area contributed by atoms with Gasteiger partial charge in [0.15, 0.2) is 0 Å². The second kappa shape index (κ2) is 8.65. The van der Waals surface area contributed by atoms with Crippen molar-refractivity contribution in [2.75, 3.05) is 18.0 Å². The summed E-state index contributed by atoms with van der Waals surface area (Å²) in [6.45, 7) is 7.62. The van der Waals surface area contributed by atoms with E-state index < -0.39 is 0 Å². The van der Waals surface area contributed by atoms with E-state index >= 15 is 0 Å². The molecule has 2 rings (SSSR count). The smallest absolute Gasteiger partial charge is 0.0643 e. The minimum atomic E-state index is 0.636. The molecule has 0 spiro atoms. The summed E-state index contributed by atoms with van der Waals surface area (Å²) >= 11 is 6.58. The summed E-state index contributed by atoms with van der Waals surface area (Å²) in [6.07, 6.45) is 7.64. The molecular weight excluding hydrogens is 280 g/mol. The second-order valence-electron chi connectivity index (χ2n) is 6.03. The first-order valence-corrected chi connectivity index (χ1v) is 8.90. The number of rotatable bonds is 6. The zero-order valence-electron chi connectivity index (χ0n) is 13.5. The Morgan fingerprint density at radius 2 is 2.10 bits per heavy atom. The maximum Gasteiger partial charge on any atom is 0.0643 e. The lowest BCUT2D eigenvalue weighted by Gasteiger charge is -2.34. The van der Waals surface area contributed by atoms with Gasteiger partial charge in [0.2, 0.25) is 0 Å². The Morgan fingerprint density at radius 3 is 2.86 bits per heavy atom. The van der Waals surface area contributed by atoms with E-state index in [9.17, 15) is 0 Å². The van der Waals surface area contributed by atoms with Crippen molar-refractivity contribution in [2.24, 2.45) is 0 Å². The highest BCUT2D eigenvalue weighted by molar-refractivity contribution is 6.33. The van der Waals surface area contributed by atoms with Crippen molar-refractivity contribution in [3.63, 3.8) is 0 Å². The fraction of sp³-hybridized carbons (Fsp3) is 0.667. The molecule has 1 fully saturated rings. The number of anilines is 1. The van der Waals surface area contributed by atoms with Crippen LogP contribution in [0.3, 0.4) is 0 Å². The summed E-state index contributed by atoms with van der Waals surface area (Å²) < 4.78 is 0. The largest absolute Gasteiger partial charge is 0.367 e. The quantitative estimate of drug-likeness (QED) is 0.744. The van der Waals surface area contributed by atoms with E-state index in [1.807, 2.05) is 6.07 Å². The summed E-state index contributed by atoms with van der Waals surface area (Å²) in [4.78, 5) is 2.58. The number of halogens is 1. The van der Waals surface area contributed by atoms with Gasteiger partial charge in [0.1, 0.15) is 0 Å². The molecule has 1 N–H and O–H groups in total. The number of nitrogens with one attached hydrogen (secondary N) is 1. The van der Waals surface area contributed by atoms with Gasteiger partial charge in [0.05, 0.1) is 10.7 Å². The molecule has 0 aromatic heterocycles. The molecule has 1 aliphatic heterocycles. The van der Waals surface area contributed by atoms with Crippen LogP contribution in [0.4, 0.5) is 5.69 Å². The van der Waals surface area contributed by atoms with Gasteiger partial charge in [0.25, 0.3) is 0 Å². The van der Waals surface area contributed by atoms with Crippen LogP contribution in [-0.2, 0) is 6.54 Å². The van der Waals surface area contributed by atoms with Crippen molar-refractivity contribution in [2.45, 2.75) is 65.0 Å². The Morgan fingerprint density at radius 1 is 1.24 bits per heavy atom. The molecule has 0 bridgehead atoms. The van der Waals surface area contributed by atoms with Crippen molar-refractivity contribution < 1.29 is 0 Å². The van der Waals surface area contributed by atoms with E-state index in [4.69, 9.17) is 11.6 Å². The van der Waals surface area contributed by atoms with Crippen molar-refractivity contribution in [3.8, 4) is 0 Å². The minimum absolute atomic E-state index is 0.636. The lowest BCUT2D eigenvalue weighted by atomic mass is 10.0. The molecule has 1 aliphatic rings. The highest BCUT2D eigenvalue weighted by atomic mass is 35.5.